The number of nitrogens with two attached hydrogens (primary N) is 1. The van der Waals surface area contributed by atoms with E-state index in [-0.39, 0.29) is 24.7 Å². The summed E-state index contributed by atoms with van der Waals surface area (Å²) in [7, 11) is 5.41. The maximum Gasteiger partial charge on any atom is 0.431 e. The Morgan fingerprint density at radius 2 is 1.20 bits per heavy atom. The maximum atomic E-state index is 13.1. The average molecular weight is 600 g/mol. The fourth-order valence-corrected chi connectivity index (χ4v) is 2.22. The molecule has 2 aliphatic heterocycles. The Morgan fingerprint density at radius 3 is 1.50 bits per heavy atom. The molecule has 0 unspecified atom stereocenters. The first kappa shape index (κ1) is 38.0. The van der Waals surface area contributed by atoms with Crippen molar-refractivity contribution in [2.75, 3.05) is 34.4 Å². The van der Waals surface area contributed by atoms with E-state index in [1.165, 1.54) is 33.3 Å². The molecule has 40 heavy (non-hydrogen) atoms. The molecule has 4 N–H and O–H groups in total. The quantitative estimate of drug-likeness (QED) is 0.169. The highest BCUT2D eigenvalue weighted by molar-refractivity contribution is 7.79. The van der Waals surface area contributed by atoms with Crippen LogP contribution in [0.4, 0.5) is 27.2 Å². The van der Waals surface area contributed by atoms with Crippen LogP contribution in [0.15, 0.2) is 12.2 Å². The highest BCUT2D eigenvalue weighted by atomic mass is 32.1. The van der Waals surface area contributed by atoms with Crippen LogP contribution in [-0.2, 0) is 24.0 Å². The highest BCUT2D eigenvalue weighted by Crippen LogP contribution is 2.29. The van der Waals surface area contributed by atoms with E-state index in [4.69, 9.17) is 0 Å². The van der Waals surface area contributed by atoms with Crippen molar-refractivity contribution in [3.05, 3.63) is 41.0 Å². The molecule has 3 rings (SSSR count). The molecular formula is C22H29F4N5O8S. The van der Waals surface area contributed by atoms with Gasteiger partial charge in [0.2, 0.25) is 17.4 Å². The lowest BCUT2D eigenvalue weighted by atomic mass is 10.2. The first-order valence-electron chi connectivity index (χ1n) is 10.8. The zero-order chi connectivity index (χ0) is 31.7. The Labute approximate surface area is 232 Å². The molecular weight excluding hydrogens is 570 g/mol. The molecule has 0 atom stereocenters. The number of imide groups is 2. The van der Waals surface area contributed by atoms with E-state index in [2.05, 4.69) is 33.3 Å². The van der Waals surface area contributed by atoms with Crippen molar-refractivity contribution >= 4 is 48.4 Å². The number of carbonyl (C=O) groups is 6. The van der Waals surface area contributed by atoms with Gasteiger partial charge in [0.1, 0.15) is 0 Å². The van der Waals surface area contributed by atoms with Gasteiger partial charge in [-0.05, 0) is 20.2 Å². The number of amides is 6. The molecule has 0 radical (unpaired) electrons. The minimum Gasteiger partial charge on any atom is -0.404 e. The molecule has 224 valence electrons. The number of hydrogen-bond acceptors (Lipinski definition) is 10. The highest BCUT2D eigenvalue weighted by Gasteiger charge is 2.32. The lowest BCUT2D eigenvalue weighted by molar-refractivity contribution is -0.171. The van der Waals surface area contributed by atoms with Crippen molar-refractivity contribution in [2.45, 2.75) is 19.8 Å². The van der Waals surface area contributed by atoms with E-state index in [9.17, 15) is 46.3 Å². The molecule has 0 aliphatic carbocycles. The molecule has 13 nitrogen and oxygen atoms in total. The van der Waals surface area contributed by atoms with Crippen LogP contribution in [0.2, 0.25) is 0 Å². The van der Waals surface area contributed by atoms with E-state index in [1.54, 1.807) is 6.26 Å². The van der Waals surface area contributed by atoms with Crippen LogP contribution in [0.3, 0.4) is 0 Å². The molecule has 0 spiro atoms. The van der Waals surface area contributed by atoms with E-state index < -0.39 is 58.6 Å². The summed E-state index contributed by atoms with van der Waals surface area (Å²) >= 11 is 3.53. The van der Waals surface area contributed by atoms with Gasteiger partial charge >= 0.3 is 12.2 Å². The SMILES string of the molecule is CN.CN1C(=O)C=CC1=O.CNC(=O)ON1C(=O)CCC1=O.CNC(=O)Oc1c(F)c(F)c(C)c(F)c1F.CS. The number of benzene rings is 1. The molecule has 0 bridgehead atoms. The Kier molecular flexibility index (Phi) is 18.0. The summed E-state index contributed by atoms with van der Waals surface area (Å²) in [6.07, 6.45) is 2.36. The predicted molar refractivity (Wildman–Crippen MR) is 135 cm³/mol. The lowest BCUT2D eigenvalue weighted by Crippen LogP contribution is -2.35. The third-order valence-corrected chi connectivity index (χ3v) is 4.26. The molecule has 1 saturated heterocycles. The normalized spacial score (nSPS) is 13.0. The zero-order valence-electron chi connectivity index (χ0n) is 22.3. The van der Waals surface area contributed by atoms with Gasteiger partial charge in [-0.2, -0.15) is 21.4 Å². The number of halogens is 4. The van der Waals surface area contributed by atoms with E-state index in [0.29, 0.717) is 5.06 Å². The third-order valence-electron chi connectivity index (χ3n) is 4.26. The van der Waals surface area contributed by atoms with Gasteiger partial charge in [0.05, 0.1) is 0 Å². The van der Waals surface area contributed by atoms with E-state index in [0.717, 1.165) is 18.9 Å². The summed E-state index contributed by atoms with van der Waals surface area (Å²) in [5, 5.41) is 4.49. The van der Waals surface area contributed by atoms with Crippen LogP contribution < -0.4 is 21.1 Å². The summed E-state index contributed by atoms with van der Waals surface area (Å²) in [5.41, 5.74) is 3.68. The second kappa shape index (κ2) is 19.0. The molecule has 2 aliphatic rings. The molecule has 1 fully saturated rings. The molecule has 1 aromatic rings. The van der Waals surface area contributed by atoms with Gasteiger partial charge in [-0.15, -0.1) is 5.06 Å². The van der Waals surface area contributed by atoms with Crippen molar-refractivity contribution in [1.29, 1.82) is 0 Å². The molecule has 0 saturated carbocycles. The number of nitrogens with zero attached hydrogens (tertiary/aromatic N) is 2. The monoisotopic (exact) mass is 599 g/mol. The van der Waals surface area contributed by atoms with Crippen molar-refractivity contribution in [3.63, 3.8) is 0 Å². The average Bonchev–Trinajstić information content (AvgIpc) is 3.45. The fraction of sp³-hybridized carbons (Fsp3) is 0.364. The van der Waals surface area contributed by atoms with Gasteiger partial charge in [0, 0.05) is 51.7 Å². The van der Waals surface area contributed by atoms with Gasteiger partial charge in [-0.1, -0.05) is 0 Å². The minimum atomic E-state index is -1.75. The summed E-state index contributed by atoms with van der Waals surface area (Å²) < 4.78 is 56.3. The van der Waals surface area contributed by atoms with Crippen LogP contribution >= 0.6 is 12.6 Å². The van der Waals surface area contributed by atoms with Crippen LogP contribution in [0, 0.1) is 30.2 Å². The zero-order valence-corrected chi connectivity index (χ0v) is 23.2. The molecule has 6 amide bonds. The number of hydroxylamine groups is 2. The Hall–Kier alpha value is -4.19. The van der Waals surface area contributed by atoms with Crippen molar-refractivity contribution < 1.29 is 55.9 Å². The van der Waals surface area contributed by atoms with Crippen molar-refractivity contribution in [3.8, 4) is 5.75 Å². The van der Waals surface area contributed by atoms with Crippen molar-refractivity contribution in [1.82, 2.24) is 20.6 Å². The van der Waals surface area contributed by atoms with E-state index >= 15 is 0 Å². The van der Waals surface area contributed by atoms with Crippen LogP contribution in [-0.4, -0.2) is 80.2 Å². The summed E-state index contributed by atoms with van der Waals surface area (Å²) in [4.78, 5) is 69.2. The Balaban J connectivity index is 0. The van der Waals surface area contributed by atoms with Crippen molar-refractivity contribution in [2.24, 2.45) is 5.73 Å². The standard InChI is InChI=1S/C9H7F4NO2.C6H8N2O4.C5H5NO2.CH5N.CH4S/c1-3-4(10)6(12)8(7(13)5(3)11)16-9(15)14-2;1-7-6(11)12-8-4(9)2-3-5(8)10;1-6-4(7)2-3-5(6)8;2*1-2/h1-2H3,(H,14,15);2-3H2,1H3,(H,7,11);2-3H,1H3;2H2,1H3;2H,1H3. The molecule has 18 heteroatoms. The molecule has 1 aromatic carbocycles. The number of hydrogen-bond donors (Lipinski definition) is 4. The smallest absolute Gasteiger partial charge is 0.404 e. The Morgan fingerprint density at radius 1 is 0.825 bits per heavy atom. The number of ether oxygens (including phenoxy) is 1. The van der Waals surface area contributed by atoms with E-state index in [1.807, 2.05) is 5.32 Å². The molecule has 2 heterocycles. The van der Waals surface area contributed by atoms with Gasteiger partial charge in [-0.25, -0.2) is 18.4 Å². The minimum absolute atomic E-state index is 0.107. The summed E-state index contributed by atoms with van der Waals surface area (Å²) in [5.74, 6) is -9.55. The summed E-state index contributed by atoms with van der Waals surface area (Å²) in [6.45, 7) is 0.862. The van der Waals surface area contributed by atoms with Gasteiger partial charge in [-0.3, -0.25) is 24.1 Å². The number of carbonyl (C=O) groups excluding carboxylic acids is 6. The number of thiol groups is 1. The first-order valence-corrected chi connectivity index (χ1v) is 11.7. The summed E-state index contributed by atoms with van der Waals surface area (Å²) in [6, 6.07) is 0. The predicted octanol–water partition coefficient (Wildman–Crippen LogP) is 1.34. The largest absolute Gasteiger partial charge is 0.431 e. The van der Waals surface area contributed by atoms with Gasteiger partial charge in [0.25, 0.3) is 23.6 Å². The van der Waals surface area contributed by atoms with Crippen LogP contribution in [0.5, 0.6) is 5.75 Å². The number of likely N-dealkylation sites (N-methyl/N-ethyl adjacent to an activating group) is 1. The topological polar surface area (TPSA) is 177 Å². The maximum absolute atomic E-state index is 13.1. The van der Waals surface area contributed by atoms with Crippen LogP contribution in [0.25, 0.3) is 0 Å². The Bertz CT molecular complexity index is 1070. The molecule has 0 aromatic heterocycles. The second-order valence-corrected chi connectivity index (χ2v) is 6.63. The number of rotatable bonds is 2. The van der Waals surface area contributed by atoms with Crippen LogP contribution in [0.1, 0.15) is 18.4 Å². The fourth-order valence-electron chi connectivity index (χ4n) is 2.22. The first-order chi connectivity index (χ1) is 18.8. The second-order valence-electron chi connectivity index (χ2n) is 6.63. The third kappa shape index (κ3) is 10.9. The van der Waals surface area contributed by atoms with Gasteiger partial charge < -0.3 is 25.9 Å². The number of nitrogens with one attached hydrogen (secondary N) is 2. The lowest BCUT2D eigenvalue weighted by Gasteiger charge is -2.11. The van der Waals surface area contributed by atoms with Gasteiger partial charge in [0.15, 0.2) is 11.6 Å².